The standard InChI is InChI=1S/C7H9N3O/c1-5-3-9-4-10-6(5)2-7(8)11/h3-4H,2H2,1H3,(H2,8,11). The Morgan fingerprint density at radius 3 is 3.00 bits per heavy atom. The van der Waals surface area contributed by atoms with Gasteiger partial charge in [-0.2, -0.15) is 0 Å². The average molecular weight is 151 g/mol. The Bertz CT molecular complexity index is 272. The van der Waals surface area contributed by atoms with E-state index >= 15 is 0 Å². The quantitative estimate of drug-likeness (QED) is 0.637. The number of amides is 1. The van der Waals surface area contributed by atoms with Crippen molar-refractivity contribution in [1.82, 2.24) is 9.97 Å². The van der Waals surface area contributed by atoms with Crippen molar-refractivity contribution in [2.75, 3.05) is 0 Å². The normalized spacial score (nSPS) is 9.55. The maximum absolute atomic E-state index is 10.5. The summed E-state index contributed by atoms with van der Waals surface area (Å²) in [6.07, 6.45) is 3.25. The predicted molar refractivity (Wildman–Crippen MR) is 39.7 cm³/mol. The Balaban J connectivity index is 2.86. The van der Waals surface area contributed by atoms with Crippen LogP contribution in [-0.4, -0.2) is 15.9 Å². The molecule has 0 radical (unpaired) electrons. The van der Waals surface area contributed by atoms with E-state index in [0.717, 1.165) is 5.56 Å². The number of nitrogens with zero attached hydrogens (tertiary/aromatic N) is 2. The molecule has 0 bridgehead atoms. The first-order valence-corrected chi connectivity index (χ1v) is 3.24. The summed E-state index contributed by atoms with van der Waals surface area (Å²) < 4.78 is 0. The molecule has 0 aliphatic carbocycles. The van der Waals surface area contributed by atoms with Crippen LogP contribution in [0.5, 0.6) is 0 Å². The minimum atomic E-state index is -0.369. The number of hydrogen-bond donors (Lipinski definition) is 1. The van der Waals surface area contributed by atoms with Crippen molar-refractivity contribution in [2.24, 2.45) is 5.73 Å². The highest BCUT2D eigenvalue weighted by Gasteiger charge is 2.01. The van der Waals surface area contributed by atoms with Crippen LogP contribution in [0, 0.1) is 6.92 Å². The van der Waals surface area contributed by atoms with Crippen LogP contribution in [0.2, 0.25) is 0 Å². The third-order valence-electron chi connectivity index (χ3n) is 1.35. The summed E-state index contributed by atoms with van der Waals surface area (Å²) in [4.78, 5) is 18.2. The van der Waals surface area contributed by atoms with E-state index in [2.05, 4.69) is 9.97 Å². The van der Waals surface area contributed by atoms with E-state index in [1.807, 2.05) is 6.92 Å². The largest absolute Gasteiger partial charge is 0.369 e. The summed E-state index contributed by atoms with van der Waals surface area (Å²) in [5.41, 5.74) is 6.59. The SMILES string of the molecule is Cc1cncnc1CC(N)=O. The van der Waals surface area contributed by atoms with E-state index < -0.39 is 0 Å². The zero-order valence-electron chi connectivity index (χ0n) is 6.24. The van der Waals surface area contributed by atoms with Crippen molar-refractivity contribution in [3.8, 4) is 0 Å². The lowest BCUT2D eigenvalue weighted by Gasteiger charge is -1.98. The van der Waals surface area contributed by atoms with Crippen molar-refractivity contribution >= 4 is 5.91 Å². The highest BCUT2D eigenvalue weighted by Crippen LogP contribution is 2.00. The van der Waals surface area contributed by atoms with Crippen molar-refractivity contribution in [3.63, 3.8) is 0 Å². The maximum atomic E-state index is 10.5. The van der Waals surface area contributed by atoms with Crippen LogP contribution in [0.3, 0.4) is 0 Å². The number of hydrogen-bond acceptors (Lipinski definition) is 3. The zero-order valence-corrected chi connectivity index (χ0v) is 6.24. The Morgan fingerprint density at radius 1 is 1.73 bits per heavy atom. The second kappa shape index (κ2) is 3.09. The summed E-state index contributed by atoms with van der Waals surface area (Å²) in [7, 11) is 0. The molecule has 0 aromatic carbocycles. The molecule has 0 unspecified atom stereocenters. The van der Waals surface area contributed by atoms with E-state index in [9.17, 15) is 4.79 Å². The molecule has 58 valence electrons. The Labute approximate surface area is 64.5 Å². The molecule has 0 aliphatic rings. The van der Waals surface area contributed by atoms with Crippen molar-refractivity contribution in [2.45, 2.75) is 13.3 Å². The van der Waals surface area contributed by atoms with Gasteiger partial charge < -0.3 is 5.73 Å². The molecular weight excluding hydrogens is 142 g/mol. The maximum Gasteiger partial charge on any atom is 0.223 e. The van der Waals surface area contributed by atoms with Crippen LogP contribution in [0.15, 0.2) is 12.5 Å². The van der Waals surface area contributed by atoms with Crippen LogP contribution in [0.4, 0.5) is 0 Å². The van der Waals surface area contributed by atoms with Gasteiger partial charge in [0.15, 0.2) is 0 Å². The Hall–Kier alpha value is -1.45. The number of carbonyl (C=O) groups excluding carboxylic acids is 1. The van der Waals surface area contributed by atoms with Crippen molar-refractivity contribution in [1.29, 1.82) is 0 Å². The van der Waals surface area contributed by atoms with Crippen molar-refractivity contribution < 1.29 is 4.79 Å². The predicted octanol–water partition coefficient (Wildman–Crippen LogP) is -0.187. The van der Waals surface area contributed by atoms with Gasteiger partial charge in [-0.15, -0.1) is 0 Å². The molecule has 0 saturated heterocycles. The minimum absolute atomic E-state index is 0.189. The monoisotopic (exact) mass is 151 g/mol. The fraction of sp³-hybridized carbons (Fsp3) is 0.286. The summed E-state index contributed by atoms with van der Waals surface area (Å²) in [6.45, 7) is 1.85. The topological polar surface area (TPSA) is 68.9 Å². The molecule has 4 nitrogen and oxygen atoms in total. The summed E-state index contributed by atoms with van der Waals surface area (Å²) in [5, 5.41) is 0. The lowest BCUT2D eigenvalue weighted by molar-refractivity contribution is -0.117. The van der Waals surface area contributed by atoms with Gasteiger partial charge in [0, 0.05) is 6.20 Å². The highest BCUT2D eigenvalue weighted by molar-refractivity contribution is 5.76. The van der Waals surface area contributed by atoms with Crippen LogP contribution in [0.25, 0.3) is 0 Å². The molecule has 1 amide bonds. The Morgan fingerprint density at radius 2 is 2.45 bits per heavy atom. The molecule has 0 aliphatic heterocycles. The van der Waals surface area contributed by atoms with Gasteiger partial charge in [-0.05, 0) is 12.5 Å². The molecule has 1 aromatic heterocycles. The van der Waals surface area contributed by atoms with Gasteiger partial charge in [-0.25, -0.2) is 9.97 Å². The van der Waals surface area contributed by atoms with Gasteiger partial charge in [0.1, 0.15) is 6.33 Å². The molecule has 1 aromatic rings. The van der Waals surface area contributed by atoms with Crippen LogP contribution in [0.1, 0.15) is 11.3 Å². The second-order valence-electron chi connectivity index (χ2n) is 2.30. The number of carbonyl (C=O) groups is 1. The molecule has 0 fully saturated rings. The zero-order chi connectivity index (χ0) is 8.27. The second-order valence-corrected chi connectivity index (χ2v) is 2.30. The van der Waals surface area contributed by atoms with E-state index in [4.69, 9.17) is 5.73 Å². The van der Waals surface area contributed by atoms with Crippen molar-refractivity contribution in [3.05, 3.63) is 23.8 Å². The molecule has 11 heavy (non-hydrogen) atoms. The number of aromatic nitrogens is 2. The van der Waals surface area contributed by atoms with Gasteiger partial charge >= 0.3 is 0 Å². The van der Waals surface area contributed by atoms with Gasteiger partial charge in [0.05, 0.1) is 12.1 Å². The summed E-state index contributed by atoms with van der Waals surface area (Å²) in [5.74, 6) is -0.369. The fourth-order valence-corrected chi connectivity index (χ4v) is 0.775. The van der Waals surface area contributed by atoms with E-state index in [1.54, 1.807) is 6.20 Å². The molecule has 1 heterocycles. The van der Waals surface area contributed by atoms with Gasteiger partial charge in [0.25, 0.3) is 0 Å². The molecule has 0 saturated carbocycles. The molecule has 4 heteroatoms. The summed E-state index contributed by atoms with van der Waals surface area (Å²) >= 11 is 0. The van der Waals surface area contributed by atoms with Crippen LogP contribution >= 0.6 is 0 Å². The van der Waals surface area contributed by atoms with E-state index in [0.29, 0.717) is 5.69 Å². The van der Waals surface area contributed by atoms with E-state index in [-0.39, 0.29) is 12.3 Å². The molecule has 0 spiro atoms. The first-order chi connectivity index (χ1) is 5.20. The number of rotatable bonds is 2. The van der Waals surface area contributed by atoms with Gasteiger partial charge in [-0.1, -0.05) is 0 Å². The first kappa shape index (κ1) is 7.65. The summed E-state index contributed by atoms with van der Waals surface area (Å²) in [6, 6.07) is 0. The molecule has 2 N–H and O–H groups in total. The lowest BCUT2D eigenvalue weighted by atomic mass is 10.2. The number of primary amides is 1. The van der Waals surface area contributed by atoms with Gasteiger partial charge in [0.2, 0.25) is 5.91 Å². The van der Waals surface area contributed by atoms with Crippen LogP contribution in [-0.2, 0) is 11.2 Å². The lowest BCUT2D eigenvalue weighted by Crippen LogP contribution is -2.15. The minimum Gasteiger partial charge on any atom is -0.369 e. The molecule has 1 rings (SSSR count). The van der Waals surface area contributed by atoms with Gasteiger partial charge in [-0.3, -0.25) is 4.79 Å². The first-order valence-electron chi connectivity index (χ1n) is 3.24. The number of aryl methyl sites for hydroxylation is 1. The smallest absolute Gasteiger partial charge is 0.223 e. The Kier molecular flexibility index (Phi) is 2.15. The molecule has 0 atom stereocenters. The molecular formula is C7H9N3O. The van der Waals surface area contributed by atoms with E-state index in [1.165, 1.54) is 6.33 Å². The third-order valence-corrected chi connectivity index (χ3v) is 1.35. The highest BCUT2D eigenvalue weighted by atomic mass is 16.1. The number of nitrogens with two attached hydrogens (primary N) is 1. The van der Waals surface area contributed by atoms with Crippen LogP contribution < -0.4 is 5.73 Å². The fourth-order valence-electron chi connectivity index (χ4n) is 0.775. The third kappa shape index (κ3) is 2.00. The average Bonchev–Trinajstić information content (AvgIpc) is 1.93.